The second-order valence-electron chi connectivity index (χ2n) is 7.33. The molecule has 3 N–H and O–H groups in total. The number of hydrogen-bond acceptors (Lipinski definition) is 5. The lowest BCUT2D eigenvalue weighted by molar-refractivity contribution is -1.02. The number of nitrogens with one attached hydrogen (secondary N) is 3. The van der Waals surface area contributed by atoms with Crippen LogP contribution < -0.4 is 25.1 Å². The lowest BCUT2D eigenvalue weighted by Crippen LogP contribution is -3.28. The maximum absolute atomic E-state index is 12.2. The highest BCUT2D eigenvalue weighted by atomic mass is 16.5. The summed E-state index contributed by atoms with van der Waals surface area (Å²) in [6, 6.07) is 17.3. The van der Waals surface area contributed by atoms with Crippen LogP contribution in [0.4, 0.5) is 0 Å². The van der Waals surface area contributed by atoms with Gasteiger partial charge < -0.3 is 24.4 Å². The molecule has 1 amide bonds. The number of piperazine rings is 1. The number of quaternary nitrogens is 2. The van der Waals surface area contributed by atoms with E-state index in [1.54, 1.807) is 24.3 Å². The molecule has 3 rings (SSSR count). The number of carbonyl (C=O) groups is 2. The minimum atomic E-state index is -1.30. The maximum Gasteiger partial charge on any atom is 0.295 e. The van der Waals surface area contributed by atoms with Crippen molar-refractivity contribution >= 4 is 18.1 Å². The SMILES string of the molecule is O=C([O-])COc1ccccc1C=NNC(=O)C[NH+]1CC[NH+](Cc2ccccc2)CC1. The van der Waals surface area contributed by atoms with Crippen molar-refractivity contribution in [1.82, 2.24) is 5.43 Å². The van der Waals surface area contributed by atoms with Gasteiger partial charge in [-0.15, -0.1) is 0 Å². The fourth-order valence-electron chi connectivity index (χ4n) is 3.49. The van der Waals surface area contributed by atoms with Gasteiger partial charge in [0.25, 0.3) is 5.91 Å². The number of para-hydroxylation sites is 1. The van der Waals surface area contributed by atoms with Crippen molar-refractivity contribution in [3.05, 3.63) is 65.7 Å². The highest BCUT2D eigenvalue weighted by Gasteiger charge is 2.24. The molecule has 1 saturated heterocycles. The van der Waals surface area contributed by atoms with Crippen LogP contribution in [-0.4, -0.2) is 57.4 Å². The van der Waals surface area contributed by atoms with Gasteiger partial charge in [-0.1, -0.05) is 42.5 Å². The smallest absolute Gasteiger partial charge is 0.295 e. The second kappa shape index (κ2) is 11.1. The monoisotopic (exact) mass is 411 g/mol. The predicted molar refractivity (Wildman–Crippen MR) is 109 cm³/mol. The zero-order valence-electron chi connectivity index (χ0n) is 16.8. The molecule has 1 aliphatic rings. The van der Waals surface area contributed by atoms with Crippen molar-refractivity contribution in [2.75, 3.05) is 39.3 Å². The summed E-state index contributed by atoms with van der Waals surface area (Å²) in [5, 5.41) is 14.5. The highest BCUT2D eigenvalue weighted by Crippen LogP contribution is 2.15. The summed E-state index contributed by atoms with van der Waals surface area (Å²) in [6.45, 7) is 4.80. The average molecular weight is 411 g/mol. The minimum absolute atomic E-state index is 0.152. The summed E-state index contributed by atoms with van der Waals surface area (Å²) < 4.78 is 5.16. The van der Waals surface area contributed by atoms with Crippen molar-refractivity contribution in [2.24, 2.45) is 5.10 Å². The van der Waals surface area contributed by atoms with Crippen LogP contribution in [0.1, 0.15) is 11.1 Å². The average Bonchev–Trinajstić information content (AvgIpc) is 2.75. The Bertz CT molecular complexity index is 864. The molecule has 1 fully saturated rings. The number of amides is 1. The van der Waals surface area contributed by atoms with E-state index in [9.17, 15) is 14.7 Å². The molecule has 2 aromatic carbocycles. The standard InChI is InChI=1S/C22H26N4O4/c27-21(24-23-14-19-8-4-5-9-20(19)30-17-22(28)29)16-26-12-10-25(11-13-26)15-18-6-2-1-3-7-18/h1-9,14H,10-13,15-17H2,(H,24,27)(H,28,29)/p+1. The van der Waals surface area contributed by atoms with E-state index < -0.39 is 12.6 Å². The van der Waals surface area contributed by atoms with E-state index in [4.69, 9.17) is 4.74 Å². The van der Waals surface area contributed by atoms with Gasteiger partial charge in [-0.05, 0) is 12.1 Å². The predicted octanol–water partition coefficient (Wildman–Crippen LogP) is -2.75. The Labute approximate surface area is 175 Å². The summed E-state index contributed by atoms with van der Waals surface area (Å²) in [4.78, 5) is 25.5. The van der Waals surface area contributed by atoms with Crippen LogP contribution in [0, 0.1) is 0 Å². The number of carbonyl (C=O) groups excluding carboxylic acids is 2. The number of nitrogens with zero attached hydrogens (tertiary/aromatic N) is 1. The normalized spacial score (nSPS) is 18.8. The van der Waals surface area contributed by atoms with Crippen LogP contribution in [0.25, 0.3) is 0 Å². The molecule has 1 heterocycles. The number of hydrogen-bond donors (Lipinski definition) is 3. The summed E-state index contributed by atoms with van der Waals surface area (Å²) in [5.41, 5.74) is 4.45. The molecule has 0 radical (unpaired) electrons. The molecule has 0 saturated carbocycles. The van der Waals surface area contributed by atoms with Crippen molar-refractivity contribution < 1.29 is 29.2 Å². The lowest BCUT2D eigenvalue weighted by atomic mass is 10.2. The molecule has 0 aliphatic carbocycles. The Balaban J connectivity index is 1.41. The van der Waals surface area contributed by atoms with Crippen LogP contribution in [0.2, 0.25) is 0 Å². The van der Waals surface area contributed by atoms with Crippen LogP contribution in [-0.2, 0) is 16.1 Å². The first-order chi connectivity index (χ1) is 14.6. The first-order valence-electron chi connectivity index (χ1n) is 10.0. The molecule has 8 nitrogen and oxygen atoms in total. The Kier molecular flexibility index (Phi) is 7.94. The van der Waals surface area contributed by atoms with Gasteiger partial charge in [0.1, 0.15) is 45.1 Å². The molecule has 0 spiro atoms. The van der Waals surface area contributed by atoms with Gasteiger partial charge in [-0.3, -0.25) is 4.79 Å². The van der Waals surface area contributed by atoms with Crippen molar-refractivity contribution in [2.45, 2.75) is 6.54 Å². The van der Waals surface area contributed by atoms with Crippen LogP contribution in [0.5, 0.6) is 5.75 Å². The fourth-order valence-corrected chi connectivity index (χ4v) is 3.49. The Morgan fingerprint density at radius 3 is 2.40 bits per heavy atom. The third-order valence-electron chi connectivity index (χ3n) is 5.03. The van der Waals surface area contributed by atoms with Crippen molar-refractivity contribution in [3.8, 4) is 5.75 Å². The van der Waals surface area contributed by atoms with Crippen molar-refractivity contribution in [3.63, 3.8) is 0 Å². The Hall–Kier alpha value is -3.23. The van der Waals surface area contributed by atoms with Gasteiger partial charge in [-0.25, -0.2) is 5.43 Å². The quantitative estimate of drug-likeness (QED) is 0.308. The molecule has 0 unspecified atom stereocenters. The largest absolute Gasteiger partial charge is 0.546 e. The van der Waals surface area contributed by atoms with Gasteiger partial charge in [-0.2, -0.15) is 5.10 Å². The summed E-state index contributed by atoms with van der Waals surface area (Å²) in [6.07, 6.45) is 1.44. The van der Waals surface area contributed by atoms with Gasteiger partial charge >= 0.3 is 0 Å². The van der Waals surface area contributed by atoms with E-state index >= 15 is 0 Å². The topological polar surface area (TPSA) is 99.7 Å². The summed E-state index contributed by atoms with van der Waals surface area (Å²) >= 11 is 0. The van der Waals surface area contributed by atoms with Crippen LogP contribution in [0.15, 0.2) is 59.7 Å². The third kappa shape index (κ3) is 6.98. The molecule has 8 heteroatoms. The third-order valence-corrected chi connectivity index (χ3v) is 5.03. The van der Waals surface area contributed by atoms with Crippen LogP contribution >= 0.6 is 0 Å². The van der Waals surface area contributed by atoms with Crippen molar-refractivity contribution in [1.29, 1.82) is 0 Å². The molecule has 0 bridgehead atoms. The van der Waals surface area contributed by atoms with E-state index in [-0.39, 0.29) is 5.91 Å². The molecular weight excluding hydrogens is 384 g/mol. The number of ether oxygens (including phenoxy) is 1. The molecule has 158 valence electrons. The molecule has 0 atom stereocenters. The lowest BCUT2D eigenvalue weighted by Gasteiger charge is -2.29. The van der Waals surface area contributed by atoms with E-state index in [1.807, 2.05) is 6.07 Å². The first-order valence-corrected chi connectivity index (χ1v) is 10.0. The number of carboxylic acid groups (broad SMARTS) is 1. The van der Waals surface area contributed by atoms with Gasteiger partial charge in [0.2, 0.25) is 0 Å². The fraction of sp³-hybridized carbons (Fsp3) is 0.318. The van der Waals surface area contributed by atoms with E-state index in [0.717, 1.165) is 32.7 Å². The van der Waals surface area contributed by atoms with E-state index in [1.165, 1.54) is 21.6 Å². The molecule has 2 aromatic rings. The zero-order valence-corrected chi connectivity index (χ0v) is 16.8. The van der Waals surface area contributed by atoms with Gasteiger partial charge in [0.05, 0.1) is 12.2 Å². The number of benzene rings is 2. The molecule has 1 aliphatic heterocycles. The highest BCUT2D eigenvalue weighted by molar-refractivity contribution is 5.85. The number of carboxylic acids is 1. The van der Waals surface area contributed by atoms with Gasteiger partial charge in [0, 0.05) is 11.1 Å². The first kappa shape index (κ1) is 21.5. The number of aliphatic carboxylic acids is 1. The zero-order chi connectivity index (χ0) is 21.2. The second-order valence-corrected chi connectivity index (χ2v) is 7.33. The van der Waals surface area contributed by atoms with Gasteiger partial charge in [0.15, 0.2) is 6.54 Å². The molecule has 0 aromatic heterocycles. The van der Waals surface area contributed by atoms with Crippen LogP contribution in [0.3, 0.4) is 0 Å². The van der Waals surface area contributed by atoms with E-state index in [2.05, 4.69) is 34.8 Å². The number of rotatable bonds is 9. The van der Waals surface area contributed by atoms with E-state index in [0.29, 0.717) is 17.9 Å². The summed E-state index contributed by atoms with van der Waals surface area (Å²) in [5.74, 6) is -1.09. The molecule has 30 heavy (non-hydrogen) atoms. The maximum atomic E-state index is 12.2. The molecular formula is C22H27N4O4+. The minimum Gasteiger partial charge on any atom is -0.546 e. The Morgan fingerprint density at radius 1 is 1.00 bits per heavy atom. The number of hydrazone groups is 1. The summed E-state index contributed by atoms with van der Waals surface area (Å²) in [7, 11) is 0. The Morgan fingerprint density at radius 2 is 1.67 bits per heavy atom.